The van der Waals surface area contributed by atoms with Crippen molar-refractivity contribution >= 4 is 11.5 Å². The lowest BCUT2D eigenvalue weighted by Crippen LogP contribution is -2.36. The van der Waals surface area contributed by atoms with Gasteiger partial charge in [0.1, 0.15) is 17.6 Å². The van der Waals surface area contributed by atoms with Gasteiger partial charge in [-0.3, -0.25) is 0 Å². The molecule has 2 heterocycles. The molecule has 1 fully saturated rings. The highest BCUT2D eigenvalue weighted by molar-refractivity contribution is 5.68. The molecule has 1 aliphatic heterocycles. The Kier molecular flexibility index (Phi) is 3.81. The number of nitrogens with zero attached hydrogens (tertiary/aromatic N) is 3. The van der Waals surface area contributed by atoms with E-state index in [1.807, 2.05) is 6.07 Å². The van der Waals surface area contributed by atoms with Crippen LogP contribution in [0.2, 0.25) is 0 Å². The molecule has 98 valence electrons. The molecule has 4 nitrogen and oxygen atoms in total. The molecule has 0 saturated carbocycles. The van der Waals surface area contributed by atoms with Crippen molar-refractivity contribution in [3.63, 3.8) is 0 Å². The van der Waals surface area contributed by atoms with Gasteiger partial charge in [0.25, 0.3) is 0 Å². The number of nitriles is 1. The van der Waals surface area contributed by atoms with Gasteiger partial charge in [0.05, 0.1) is 5.69 Å². The lowest BCUT2D eigenvalue weighted by molar-refractivity contribution is 0.440. The fourth-order valence-electron chi connectivity index (χ4n) is 2.84. The summed E-state index contributed by atoms with van der Waals surface area (Å²) in [7, 11) is 0. The molecular formula is C14H22N4. The number of piperidine rings is 1. The molecule has 1 aromatic heterocycles. The molecule has 1 saturated heterocycles. The van der Waals surface area contributed by atoms with Crippen LogP contribution in [0.4, 0.5) is 11.5 Å². The third-order valence-electron chi connectivity index (χ3n) is 3.62. The Morgan fingerprint density at radius 3 is 2.94 bits per heavy atom. The number of hydrogen-bond donors (Lipinski definition) is 1. The quantitative estimate of drug-likeness (QED) is 0.891. The number of nitrogens with two attached hydrogens (primary N) is 1. The summed E-state index contributed by atoms with van der Waals surface area (Å²) in [6, 6.07) is 4.06. The van der Waals surface area contributed by atoms with Gasteiger partial charge in [-0.15, -0.1) is 0 Å². The molecule has 1 unspecified atom stereocenters. The average molecular weight is 246 g/mol. The van der Waals surface area contributed by atoms with Crippen LogP contribution in [0.3, 0.4) is 0 Å². The number of nitrogen functional groups attached to an aromatic ring is 1. The maximum atomic E-state index is 9.19. The van der Waals surface area contributed by atoms with E-state index in [2.05, 4.69) is 29.4 Å². The zero-order chi connectivity index (χ0) is 13.1. The molecule has 0 aliphatic carbocycles. The Balaban J connectivity index is 2.36. The summed E-state index contributed by atoms with van der Waals surface area (Å²) < 4.78 is 2.08. The second-order valence-corrected chi connectivity index (χ2v) is 5.27. The van der Waals surface area contributed by atoms with Gasteiger partial charge in [0, 0.05) is 19.6 Å². The van der Waals surface area contributed by atoms with E-state index in [0.717, 1.165) is 37.6 Å². The minimum Gasteiger partial charge on any atom is -0.396 e. The molecule has 18 heavy (non-hydrogen) atoms. The highest BCUT2D eigenvalue weighted by Gasteiger charge is 2.23. The van der Waals surface area contributed by atoms with E-state index >= 15 is 0 Å². The van der Waals surface area contributed by atoms with Gasteiger partial charge in [0.15, 0.2) is 0 Å². The smallest absolute Gasteiger partial charge is 0.133 e. The number of anilines is 2. The van der Waals surface area contributed by atoms with E-state index in [-0.39, 0.29) is 0 Å². The summed E-state index contributed by atoms with van der Waals surface area (Å²) in [6.45, 7) is 7.36. The Morgan fingerprint density at radius 2 is 2.33 bits per heavy atom. The van der Waals surface area contributed by atoms with Gasteiger partial charge in [-0.2, -0.15) is 5.26 Å². The number of aromatic nitrogens is 1. The molecule has 0 aromatic carbocycles. The number of hydrogen-bond acceptors (Lipinski definition) is 3. The van der Waals surface area contributed by atoms with Crippen molar-refractivity contribution in [1.82, 2.24) is 4.57 Å². The van der Waals surface area contributed by atoms with Crippen molar-refractivity contribution in [2.75, 3.05) is 23.7 Å². The molecule has 4 heteroatoms. The van der Waals surface area contributed by atoms with Crippen LogP contribution in [0.5, 0.6) is 0 Å². The largest absolute Gasteiger partial charge is 0.396 e. The van der Waals surface area contributed by atoms with Crippen molar-refractivity contribution in [1.29, 1.82) is 5.26 Å². The first-order valence-electron chi connectivity index (χ1n) is 6.81. The summed E-state index contributed by atoms with van der Waals surface area (Å²) in [5.74, 6) is 1.76. The summed E-state index contributed by atoms with van der Waals surface area (Å²) in [5.41, 5.74) is 7.54. The van der Waals surface area contributed by atoms with Gasteiger partial charge < -0.3 is 15.2 Å². The Hall–Kier alpha value is -1.63. The van der Waals surface area contributed by atoms with Crippen molar-refractivity contribution in [3.05, 3.63) is 11.8 Å². The predicted octanol–water partition coefficient (Wildman–Crippen LogP) is 2.59. The van der Waals surface area contributed by atoms with Gasteiger partial charge in [-0.25, -0.2) is 0 Å². The molecule has 0 bridgehead atoms. The summed E-state index contributed by atoms with van der Waals surface area (Å²) in [5, 5.41) is 9.19. The molecule has 0 amide bonds. The third kappa shape index (κ3) is 2.31. The molecule has 0 spiro atoms. The zero-order valence-corrected chi connectivity index (χ0v) is 11.3. The highest BCUT2D eigenvalue weighted by atomic mass is 15.3. The Morgan fingerprint density at radius 1 is 1.56 bits per heavy atom. The second-order valence-electron chi connectivity index (χ2n) is 5.27. The van der Waals surface area contributed by atoms with Crippen LogP contribution >= 0.6 is 0 Å². The van der Waals surface area contributed by atoms with Crippen LogP contribution in [-0.2, 0) is 6.54 Å². The minimum absolute atomic E-state index is 0.683. The normalized spacial score (nSPS) is 19.8. The van der Waals surface area contributed by atoms with E-state index in [9.17, 15) is 5.26 Å². The standard InChI is InChI=1S/C14H22N4/c1-3-6-18-12(9-15)8-13(16)14(18)17-7-4-5-11(2)10-17/h8,11H,3-7,10,16H2,1-2H3. The summed E-state index contributed by atoms with van der Waals surface area (Å²) >= 11 is 0. The van der Waals surface area contributed by atoms with Crippen LogP contribution in [0, 0.1) is 17.2 Å². The minimum atomic E-state index is 0.683. The van der Waals surface area contributed by atoms with Gasteiger partial charge in [0.2, 0.25) is 0 Å². The lowest BCUT2D eigenvalue weighted by atomic mass is 10.0. The second kappa shape index (κ2) is 5.34. The summed E-state index contributed by atoms with van der Waals surface area (Å²) in [4.78, 5) is 2.35. The first-order valence-corrected chi connectivity index (χ1v) is 6.81. The highest BCUT2D eigenvalue weighted by Crippen LogP contribution is 2.31. The van der Waals surface area contributed by atoms with Crippen LogP contribution in [0.1, 0.15) is 38.8 Å². The first kappa shape index (κ1) is 12.8. The predicted molar refractivity (Wildman–Crippen MR) is 74.5 cm³/mol. The summed E-state index contributed by atoms with van der Waals surface area (Å²) in [6.07, 6.45) is 3.51. The van der Waals surface area contributed by atoms with E-state index in [4.69, 9.17) is 5.73 Å². The van der Waals surface area contributed by atoms with Crippen molar-refractivity contribution in [2.45, 2.75) is 39.7 Å². The Bertz CT molecular complexity index is 455. The van der Waals surface area contributed by atoms with Crippen molar-refractivity contribution in [2.24, 2.45) is 5.92 Å². The monoisotopic (exact) mass is 246 g/mol. The third-order valence-corrected chi connectivity index (χ3v) is 3.62. The first-order chi connectivity index (χ1) is 8.67. The van der Waals surface area contributed by atoms with Gasteiger partial charge in [-0.05, 0) is 31.2 Å². The van der Waals surface area contributed by atoms with Crippen molar-refractivity contribution in [3.8, 4) is 6.07 Å². The fourth-order valence-corrected chi connectivity index (χ4v) is 2.84. The maximum absolute atomic E-state index is 9.19. The molecular weight excluding hydrogens is 224 g/mol. The average Bonchev–Trinajstić information content (AvgIpc) is 2.66. The molecule has 1 aromatic rings. The van der Waals surface area contributed by atoms with Crippen LogP contribution in [-0.4, -0.2) is 17.7 Å². The van der Waals surface area contributed by atoms with E-state index < -0.39 is 0 Å². The fraction of sp³-hybridized carbons (Fsp3) is 0.643. The molecule has 2 rings (SSSR count). The maximum Gasteiger partial charge on any atom is 0.133 e. The topological polar surface area (TPSA) is 58.0 Å². The van der Waals surface area contributed by atoms with E-state index in [0.29, 0.717) is 11.6 Å². The SMILES string of the molecule is CCCn1c(C#N)cc(N)c1N1CCCC(C)C1. The Labute approximate surface area is 109 Å². The molecule has 2 N–H and O–H groups in total. The van der Waals surface area contributed by atoms with Gasteiger partial charge >= 0.3 is 0 Å². The molecule has 0 radical (unpaired) electrons. The van der Waals surface area contributed by atoms with E-state index in [1.165, 1.54) is 12.8 Å². The lowest BCUT2D eigenvalue weighted by Gasteiger charge is -2.33. The zero-order valence-electron chi connectivity index (χ0n) is 11.3. The van der Waals surface area contributed by atoms with E-state index in [1.54, 1.807) is 0 Å². The van der Waals surface area contributed by atoms with Gasteiger partial charge in [-0.1, -0.05) is 13.8 Å². The van der Waals surface area contributed by atoms with Crippen LogP contribution in [0.15, 0.2) is 6.07 Å². The molecule has 1 aliphatic rings. The number of rotatable bonds is 3. The molecule has 1 atom stereocenters. The van der Waals surface area contributed by atoms with Crippen LogP contribution in [0.25, 0.3) is 0 Å². The van der Waals surface area contributed by atoms with Crippen LogP contribution < -0.4 is 10.6 Å². The van der Waals surface area contributed by atoms with Crippen molar-refractivity contribution < 1.29 is 0 Å².